The fraction of sp³-hybridized carbons (Fsp3) is 0.381. The molecule has 1 aromatic heterocycles. The van der Waals surface area contributed by atoms with Gasteiger partial charge in [0.1, 0.15) is 0 Å². The third kappa shape index (κ3) is 3.37. The van der Waals surface area contributed by atoms with Crippen molar-refractivity contribution in [3.8, 4) is 6.07 Å². The fourth-order valence-electron chi connectivity index (χ4n) is 4.18. The van der Waals surface area contributed by atoms with Crippen LogP contribution in [-0.2, 0) is 12.6 Å². The predicted octanol–water partition coefficient (Wildman–Crippen LogP) is 2.71. The van der Waals surface area contributed by atoms with Crippen molar-refractivity contribution in [1.82, 2.24) is 0 Å². The quantitative estimate of drug-likeness (QED) is 0.363. The van der Waals surface area contributed by atoms with Gasteiger partial charge in [0.05, 0.1) is 22.8 Å². The van der Waals surface area contributed by atoms with Gasteiger partial charge in [0, 0.05) is 30.2 Å². The molecule has 29 heavy (non-hydrogen) atoms. The van der Waals surface area contributed by atoms with Crippen LogP contribution < -0.4 is 4.57 Å². The number of rotatable bonds is 4. The Morgan fingerprint density at radius 3 is 2.41 bits per heavy atom. The number of benzene rings is 1. The van der Waals surface area contributed by atoms with Crippen molar-refractivity contribution in [2.24, 2.45) is 16.8 Å². The Kier molecular flexibility index (Phi) is 4.81. The summed E-state index contributed by atoms with van der Waals surface area (Å²) in [6.07, 6.45) is 5.44. The molecule has 4 atom stereocenters. The Balaban J connectivity index is 1.90. The maximum absolute atomic E-state index is 11.7. The van der Waals surface area contributed by atoms with Gasteiger partial charge in [-0.1, -0.05) is 17.2 Å². The lowest BCUT2D eigenvalue weighted by Gasteiger charge is -2.43. The first kappa shape index (κ1) is 19.4. The molecule has 2 heterocycles. The van der Waals surface area contributed by atoms with E-state index in [1.807, 2.05) is 36.0 Å². The highest BCUT2D eigenvalue weighted by molar-refractivity contribution is 7.77. The first-order valence-electron chi connectivity index (χ1n) is 9.45. The number of nitrogens with zero attached hydrogens (tertiary/aromatic N) is 4. The van der Waals surface area contributed by atoms with Gasteiger partial charge in [-0.25, -0.2) is 0 Å². The Labute approximate surface area is 173 Å². The Morgan fingerprint density at radius 2 is 1.90 bits per heavy atom. The first-order valence-corrected chi connectivity index (χ1v) is 9.86. The number of aliphatic hydroxyl groups is 1. The van der Waals surface area contributed by atoms with Crippen LogP contribution in [0.25, 0.3) is 0 Å². The third-order valence-corrected chi connectivity index (χ3v) is 6.18. The Hall–Kier alpha value is -2.89. The van der Waals surface area contributed by atoms with Gasteiger partial charge in [-0.3, -0.25) is 15.1 Å². The van der Waals surface area contributed by atoms with E-state index in [0.29, 0.717) is 0 Å². The second-order valence-corrected chi connectivity index (χ2v) is 8.17. The largest absolute Gasteiger partial charge is 0.764 e. The molecular formula is C21H20N4O3S. The lowest BCUT2D eigenvalue weighted by atomic mass is 9.73. The van der Waals surface area contributed by atoms with Gasteiger partial charge in [-0.15, -0.1) is 0 Å². The molecule has 0 amide bonds. The lowest BCUT2D eigenvalue weighted by molar-refractivity contribution is -0.742. The van der Waals surface area contributed by atoms with E-state index in [2.05, 4.69) is 11.1 Å². The van der Waals surface area contributed by atoms with Crippen LogP contribution in [0.5, 0.6) is 0 Å². The van der Waals surface area contributed by atoms with E-state index in [1.54, 1.807) is 12.1 Å². The average molecular weight is 408 g/mol. The molecule has 0 radical (unpaired) electrons. The number of nitriles is 1. The number of aliphatic imine (C=N–C) groups is 1. The molecule has 1 aromatic carbocycles. The van der Waals surface area contributed by atoms with E-state index >= 15 is 0 Å². The summed E-state index contributed by atoms with van der Waals surface area (Å²) < 4.78 is 1.90. The van der Waals surface area contributed by atoms with Crippen LogP contribution in [0.15, 0.2) is 53.8 Å². The Morgan fingerprint density at radius 1 is 1.28 bits per heavy atom. The van der Waals surface area contributed by atoms with Crippen LogP contribution in [0.3, 0.4) is 0 Å². The number of hydrogen-bond acceptors (Lipinski definition) is 6. The summed E-state index contributed by atoms with van der Waals surface area (Å²) in [5.74, 6) is -1.23. The number of aryl methyl sites for hydroxylation is 1. The van der Waals surface area contributed by atoms with E-state index in [9.17, 15) is 20.5 Å². The van der Waals surface area contributed by atoms with Gasteiger partial charge in [-0.05, 0) is 30.9 Å². The topological polar surface area (TPSA) is 103 Å². The monoisotopic (exact) mass is 408 g/mol. The molecule has 1 aliphatic carbocycles. The molecule has 148 valence electrons. The Bertz CT molecular complexity index is 1010. The van der Waals surface area contributed by atoms with E-state index in [4.69, 9.17) is 12.6 Å². The fourth-order valence-corrected chi connectivity index (χ4v) is 4.53. The summed E-state index contributed by atoms with van der Waals surface area (Å²) >= 11 is 5.42. The smallest absolute Gasteiger partial charge is 0.269 e. The molecule has 0 spiro atoms. The normalized spacial score (nSPS) is 29.0. The molecule has 0 saturated heterocycles. The second kappa shape index (κ2) is 7.17. The number of aromatic nitrogens is 1. The maximum Gasteiger partial charge on any atom is 0.269 e. The minimum Gasteiger partial charge on any atom is -0.764 e. The minimum absolute atomic E-state index is 0.0256. The van der Waals surface area contributed by atoms with Crippen molar-refractivity contribution in [3.63, 3.8) is 0 Å². The van der Waals surface area contributed by atoms with Crippen LogP contribution in [0, 0.1) is 40.2 Å². The van der Waals surface area contributed by atoms with Crippen LogP contribution in [0.4, 0.5) is 5.69 Å². The first-order chi connectivity index (χ1) is 13.8. The number of hydrogen-bond donors (Lipinski definition) is 1. The van der Waals surface area contributed by atoms with Gasteiger partial charge in [0.25, 0.3) is 5.69 Å². The summed E-state index contributed by atoms with van der Waals surface area (Å²) in [4.78, 5) is 15.1. The zero-order valence-corrected chi connectivity index (χ0v) is 16.6. The van der Waals surface area contributed by atoms with Crippen molar-refractivity contribution in [2.45, 2.75) is 37.5 Å². The number of nitro groups is 1. The molecule has 7 nitrogen and oxygen atoms in total. The molecule has 0 bridgehead atoms. The molecule has 1 aliphatic heterocycles. The van der Waals surface area contributed by atoms with E-state index < -0.39 is 28.5 Å². The SMILES string of the molecule is Cc1cc[n+]([C@H]2[C@H](c3ccc([N+](=O)[O-])cc3)[C@@H](C#N)C([S-])=N[C@]2(O)C2CC2)cc1. The van der Waals surface area contributed by atoms with Crippen LogP contribution in [-0.4, -0.2) is 20.8 Å². The molecule has 2 aromatic rings. The zero-order chi connectivity index (χ0) is 20.8. The van der Waals surface area contributed by atoms with Gasteiger partial charge < -0.3 is 17.7 Å². The highest BCUT2D eigenvalue weighted by Gasteiger charge is 2.60. The lowest BCUT2D eigenvalue weighted by Crippen LogP contribution is -2.60. The van der Waals surface area contributed by atoms with Gasteiger partial charge in [-0.2, -0.15) is 9.83 Å². The zero-order valence-electron chi connectivity index (χ0n) is 15.8. The van der Waals surface area contributed by atoms with Crippen molar-refractivity contribution < 1.29 is 14.6 Å². The number of nitro benzene ring substituents is 1. The van der Waals surface area contributed by atoms with Gasteiger partial charge in [0.2, 0.25) is 11.8 Å². The molecular weight excluding hydrogens is 388 g/mol. The van der Waals surface area contributed by atoms with Crippen LogP contribution in [0.2, 0.25) is 0 Å². The molecule has 1 N–H and O–H groups in total. The predicted molar refractivity (Wildman–Crippen MR) is 108 cm³/mol. The highest BCUT2D eigenvalue weighted by atomic mass is 32.1. The van der Waals surface area contributed by atoms with Crippen LogP contribution >= 0.6 is 0 Å². The standard InChI is InChI=1S/C21H20N4O3S/c1-13-8-10-24(11-9-13)19-18(14-2-6-16(7-3-14)25(27)28)17(12-22)20(29)23-21(19,26)15-4-5-15/h2-3,6-11,15,17-19,26H,4-5H2,1H3/t17-,18-,19+,21+/m1/s1. The average Bonchev–Trinajstić information content (AvgIpc) is 3.54. The van der Waals surface area contributed by atoms with Gasteiger partial charge >= 0.3 is 0 Å². The van der Waals surface area contributed by atoms with Crippen molar-refractivity contribution in [1.29, 1.82) is 5.26 Å². The molecule has 1 saturated carbocycles. The van der Waals surface area contributed by atoms with E-state index in [-0.39, 0.29) is 16.6 Å². The summed E-state index contributed by atoms with van der Waals surface area (Å²) in [7, 11) is 0. The highest BCUT2D eigenvalue weighted by Crippen LogP contribution is 2.53. The summed E-state index contributed by atoms with van der Waals surface area (Å²) in [5.41, 5.74) is 0.346. The molecule has 4 rings (SSSR count). The van der Waals surface area contributed by atoms with Crippen molar-refractivity contribution in [2.75, 3.05) is 0 Å². The van der Waals surface area contributed by atoms with Crippen LogP contribution in [0.1, 0.15) is 35.9 Å². The number of pyridine rings is 1. The molecule has 1 fully saturated rings. The second-order valence-electron chi connectivity index (χ2n) is 7.76. The maximum atomic E-state index is 11.7. The van der Waals surface area contributed by atoms with Crippen molar-refractivity contribution in [3.05, 3.63) is 70.0 Å². The third-order valence-electron chi connectivity index (χ3n) is 5.84. The molecule has 2 aliphatic rings. The van der Waals surface area contributed by atoms with Crippen molar-refractivity contribution >= 4 is 23.4 Å². The van der Waals surface area contributed by atoms with Gasteiger partial charge in [0.15, 0.2) is 12.4 Å². The molecule has 8 heteroatoms. The minimum atomic E-state index is -1.42. The van der Waals surface area contributed by atoms with E-state index in [0.717, 1.165) is 24.0 Å². The summed E-state index contributed by atoms with van der Waals surface area (Å²) in [5, 5.41) is 32.8. The molecule has 0 unspecified atom stereocenters. The number of non-ortho nitro benzene ring substituents is 1. The van der Waals surface area contributed by atoms with E-state index in [1.165, 1.54) is 12.1 Å². The summed E-state index contributed by atoms with van der Waals surface area (Å²) in [6.45, 7) is 1.98. The summed E-state index contributed by atoms with van der Waals surface area (Å²) in [6, 6.07) is 11.7.